The molecule has 0 radical (unpaired) electrons. The molecule has 4 heteroatoms. The molecule has 1 N–H and O–H groups in total. The Morgan fingerprint density at radius 2 is 1.91 bits per heavy atom. The largest absolute Gasteiger partial charge is 0.481 e. The fraction of sp³-hybridized carbons (Fsp3) is 0.857. The Balaban J connectivity index is 0.000001000. The van der Waals surface area contributed by atoms with Crippen molar-refractivity contribution in [3.8, 4) is 0 Å². The van der Waals surface area contributed by atoms with Gasteiger partial charge in [0.25, 0.3) is 0 Å². The molecule has 0 aliphatic heterocycles. The van der Waals surface area contributed by atoms with E-state index in [1.165, 1.54) is 6.42 Å². The summed E-state index contributed by atoms with van der Waals surface area (Å²) in [5.74, 6) is -0.796. The van der Waals surface area contributed by atoms with Gasteiger partial charge in [-0.15, -0.1) is 0 Å². The first-order valence-electron chi connectivity index (χ1n) is 3.58. The van der Waals surface area contributed by atoms with Crippen molar-refractivity contribution in [3.05, 3.63) is 0 Å². The van der Waals surface area contributed by atoms with Gasteiger partial charge in [-0.2, -0.15) is 0 Å². The molecule has 2 atom stereocenters. The SMILES string of the molecule is O=C(O)C1CCCCC1Br.[Hg]. The van der Waals surface area contributed by atoms with Crippen molar-refractivity contribution in [1.82, 2.24) is 0 Å². The zero-order chi connectivity index (χ0) is 7.56. The molecule has 1 rings (SSSR count). The summed E-state index contributed by atoms with van der Waals surface area (Å²) in [6.45, 7) is 0. The van der Waals surface area contributed by atoms with Crippen molar-refractivity contribution in [2.45, 2.75) is 30.5 Å². The van der Waals surface area contributed by atoms with E-state index >= 15 is 0 Å². The first kappa shape index (κ1) is 11.9. The van der Waals surface area contributed by atoms with Crippen LogP contribution >= 0.6 is 15.9 Å². The molecule has 0 amide bonds. The van der Waals surface area contributed by atoms with Crippen LogP contribution in [0.4, 0.5) is 0 Å². The molecule has 0 spiro atoms. The summed E-state index contributed by atoms with van der Waals surface area (Å²) in [5, 5.41) is 8.68. The number of carboxylic acids is 1. The Bertz CT molecular complexity index is 140. The minimum Gasteiger partial charge on any atom is -0.481 e. The van der Waals surface area contributed by atoms with E-state index in [4.69, 9.17) is 5.11 Å². The fourth-order valence-electron chi connectivity index (χ4n) is 1.36. The average molecular weight is 408 g/mol. The van der Waals surface area contributed by atoms with Gasteiger partial charge in [-0.05, 0) is 12.8 Å². The maximum atomic E-state index is 10.5. The van der Waals surface area contributed by atoms with Crippen LogP contribution < -0.4 is 0 Å². The third kappa shape index (κ3) is 3.41. The van der Waals surface area contributed by atoms with Crippen molar-refractivity contribution in [3.63, 3.8) is 0 Å². The van der Waals surface area contributed by atoms with Crippen LogP contribution in [-0.4, -0.2) is 15.9 Å². The molecule has 11 heavy (non-hydrogen) atoms. The summed E-state index contributed by atoms with van der Waals surface area (Å²) < 4.78 is 0. The van der Waals surface area contributed by atoms with E-state index in [9.17, 15) is 4.79 Å². The van der Waals surface area contributed by atoms with E-state index in [-0.39, 0.29) is 38.4 Å². The Hall–Kier alpha value is 0.885. The van der Waals surface area contributed by atoms with Gasteiger partial charge in [0.05, 0.1) is 5.92 Å². The van der Waals surface area contributed by atoms with Gasteiger partial charge in [-0.25, -0.2) is 0 Å². The molecular formula is C7H11BrHgO2. The number of aliphatic carboxylic acids is 1. The summed E-state index contributed by atoms with van der Waals surface area (Å²) in [7, 11) is 0. The van der Waals surface area contributed by atoms with Crippen LogP contribution in [0.1, 0.15) is 25.7 Å². The van der Waals surface area contributed by atoms with Crippen LogP contribution in [0.15, 0.2) is 0 Å². The molecule has 2 nitrogen and oxygen atoms in total. The minimum absolute atomic E-state index is 0. The van der Waals surface area contributed by atoms with E-state index in [2.05, 4.69) is 15.9 Å². The smallest absolute Gasteiger partial charge is 0.307 e. The second-order valence-electron chi connectivity index (χ2n) is 2.75. The molecule has 1 aliphatic carbocycles. The predicted octanol–water partition coefficient (Wildman–Crippen LogP) is 2.02. The van der Waals surface area contributed by atoms with E-state index < -0.39 is 5.97 Å². The van der Waals surface area contributed by atoms with Gasteiger partial charge in [0.2, 0.25) is 0 Å². The molecule has 0 saturated heterocycles. The van der Waals surface area contributed by atoms with Crippen molar-refractivity contribution < 1.29 is 37.6 Å². The minimum atomic E-state index is -0.651. The fourth-order valence-corrected chi connectivity index (χ4v) is 2.18. The topological polar surface area (TPSA) is 37.3 Å². The first-order chi connectivity index (χ1) is 4.72. The number of hydrogen-bond acceptors (Lipinski definition) is 1. The number of rotatable bonds is 1. The maximum Gasteiger partial charge on any atom is 0.307 e. The third-order valence-electron chi connectivity index (χ3n) is 2.00. The van der Waals surface area contributed by atoms with Crippen LogP contribution in [-0.2, 0) is 32.5 Å². The molecule has 1 saturated carbocycles. The summed E-state index contributed by atoms with van der Waals surface area (Å²) in [5.41, 5.74) is 0. The predicted molar refractivity (Wildman–Crippen MR) is 42.3 cm³/mol. The molecule has 0 aromatic rings. The van der Waals surface area contributed by atoms with Gasteiger partial charge in [0.15, 0.2) is 0 Å². The number of alkyl halides is 1. The van der Waals surface area contributed by atoms with Gasteiger partial charge < -0.3 is 5.11 Å². The van der Waals surface area contributed by atoms with Crippen LogP contribution in [0.3, 0.4) is 0 Å². The summed E-state index contributed by atoms with van der Waals surface area (Å²) in [6.07, 6.45) is 4.08. The number of carboxylic acid groups (broad SMARTS) is 1. The Labute approximate surface area is 95.4 Å². The molecule has 0 aromatic carbocycles. The maximum absolute atomic E-state index is 10.5. The van der Waals surface area contributed by atoms with Crippen molar-refractivity contribution in [2.75, 3.05) is 0 Å². The van der Waals surface area contributed by atoms with Gasteiger partial charge >= 0.3 is 5.97 Å². The Morgan fingerprint density at radius 1 is 1.36 bits per heavy atom. The van der Waals surface area contributed by atoms with E-state index in [0.717, 1.165) is 19.3 Å². The third-order valence-corrected chi connectivity index (χ3v) is 3.09. The second kappa shape index (κ2) is 5.52. The quantitative estimate of drug-likeness (QED) is 0.533. The van der Waals surface area contributed by atoms with Crippen molar-refractivity contribution in [1.29, 1.82) is 0 Å². The number of hydrogen-bond donors (Lipinski definition) is 1. The zero-order valence-electron chi connectivity index (χ0n) is 6.42. The second-order valence-corrected chi connectivity index (χ2v) is 3.92. The van der Waals surface area contributed by atoms with Crippen LogP contribution in [0, 0.1) is 5.92 Å². The van der Waals surface area contributed by atoms with E-state index in [1.807, 2.05) is 0 Å². The van der Waals surface area contributed by atoms with Crippen LogP contribution in [0.25, 0.3) is 0 Å². The molecule has 0 heterocycles. The van der Waals surface area contributed by atoms with Gasteiger partial charge in [-0.1, -0.05) is 28.8 Å². The summed E-state index contributed by atoms with van der Waals surface area (Å²) in [4.78, 5) is 10.7. The Kier molecular flexibility index (Phi) is 5.96. The van der Waals surface area contributed by atoms with Gasteiger partial charge in [0.1, 0.15) is 0 Å². The zero-order valence-corrected chi connectivity index (χ0v) is 13.5. The molecule has 60 valence electrons. The van der Waals surface area contributed by atoms with Gasteiger partial charge in [0, 0.05) is 32.5 Å². The molecule has 2 unspecified atom stereocenters. The van der Waals surface area contributed by atoms with Gasteiger partial charge in [-0.3, -0.25) is 4.79 Å². The van der Waals surface area contributed by atoms with E-state index in [0.29, 0.717) is 0 Å². The summed E-state index contributed by atoms with van der Waals surface area (Å²) >= 11 is 3.37. The molecule has 0 aromatic heterocycles. The number of carbonyl (C=O) groups is 1. The van der Waals surface area contributed by atoms with E-state index in [1.54, 1.807) is 0 Å². The molecular weight excluding hydrogens is 397 g/mol. The van der Waals surface area contributed by atoms with Crippen molar-refractivity contribution in [2.24, 2.45) is 5.92 Å². The van der Waals surface area contributed by atoms with Crippen LogP contribution in [0.2, 0.25) is 0 Å². The molecule has 1 aliphatic rings. The average Bonchev–Trinajstić information content (AvgIpc) is 1.88. The van der Waals surface area contributed by atoms with Crippen molar-refractivity contribution >= 4 is 21.9 Å². The molecule has 1 fully saturated rings. The molecule has 0 bridgehead atoms. The van der Waals surface area contributed by atoms with Crippen LogP contribution in [0.5, 0.6) is 0 Å². The summed E-state index contributed by atoms with van der Waals surface area (Å²) in [6, 6.07) is 0. The normalized spacial score (nSPS) is 30.6. The number of halogens is 1. The standard InChI is InChI=1S/C7H11BrO2.Hg/c8-6-4-2-1-3-5(6)7(9)10;/h5-6H,1-4H2,(H,9,10);. The monoisotopic (exact) mass is 408 g/mol. The first-order valence-corrected chi connectivity index (χ1v) is 4.50. The Morgan fingerprint density at radius 3 is 2.27 bits per heavy atom.